The van der Waals surface area contributed by atoms with Crippen LogP contribution in [-0.2, 0) is 13.2 Å². The van der Waals surface area contributed by atoms with E-state index in [1.54, 1.807) is 11.8 Å². The van der Waals surface area contributed by atoms with Gasteiger partial charge in [-0.15, -0.1) is 17.5 Å². The third kappa shape index (κ3) is 5.91. The number of hydrogen-bond acceptors (Lipinski definition) is 7. The first-order valence-electron chi connectivity index (χ1n) is 9.62. The Morgan fingerprint density at radius 3 is 2.57 bits per heavy atom. The van der Waals surface area contributed by atoms with Gasteiger partial charge < -0.3 is 19.9 Å². The van der Waals surface area contributed by atoms with Crippen molar-refractivity contribution < 1.29 is 14.6 Å². The quantitative estimate of drug-likeness (QED) is 0.507. The van der Waals surface area contributed by atoms with Gasteiger partial charge in [-0.2, -0.15) is 4.68 Å². The van der Waals surface area contributed by atoms with Gasteiger partial charge in [0.1, 0.15) is 0 Å². The third-order valence-corrected chi connectivity index (χ3v) is 4.71. The zero-order valence-corrected chi connectivity index (χ0v) is 18.2. The molecule has 0 bridgehead atoms. The standard InChI is InChI=1S/C21H27N5O3.ClH/c1-4-17(13-27)22-12-16-7-10-19(20(11-16)28-3)29-14-21-23-24-25-26(21)18-8-5-15(2)6-9-18;/h5-11,17,22,27H,4,12-14H2,1-3H3;1H. The smallest absolute Gasteiger partial charge is 0.194 e. The fraction of sp³-hybridized carbons (Fsp3) is 0.381. The Balaban J connectivity index is 0.00000320. The average molecular weight is 434 g/mol. The molecule has 0 aliphatic heterocycles. The molecular weight excluding hydrogens is 406 g/mol. The first-order valence-corrected chi connectivity index (χ1v) is 9.62. The molecule has 3 rings (SSSR count). The zero-order chi connectivity index (χ0) is 20.6. The summed E-state index contributed by atoms with van der Waals surface area (Å²) in [4.78, 5) is 0. The fourth-order valence-corrected chi connectivity index (χ4v) is 2.87. The van der Waals surface area contributed by atoms with Crippen LogP contribution in [0.2, 0.25) is 0 Å². The number of benzene rings is 2. The Labute approximate surface area is 182 Å². The normalized spacial score (nSPS) is 11.6. The second-order valence-corrected chi connectivity index (χ2v) is 6.78. The monoisotopic (exact) mass is 433 g/mol. The van der Waals surface area contributed by atoms with Gasteiger partial charge in [-0.3, -0.25) is 0 Å². The minimum absolute atomic E-state index is 0. The molecular formula is C21H28ClN5O3. The molecule has 2 aromatic carbocycles. The highest BCUT2D eigenvalue weighted by molar-refractivity contribution is 5.85. The number of rotatable bonds is 10. The number of tetrazole rings is 1. The summed E-state index contributed by atoms with van der Waals surface area (Å²) in [6.45, 7) is 5.03. The highest BCUT2D eigenvalue weighted by Crippen LogP contribution is 2.29. The van der Waals surface area contributed by atoms with Gasteiger partial charge in [0.25, 0.3) is 0 Å². The molecule has 0 spiro atoms. The number of methoxy groups -OCH3 is 1. The van der Waals surface area contributed by atoms with Gasteiger partial charge in [-0.1, -0.05) is 30.7 Å². The summed E-state index contributed by atoms with van der Waals surface area (Å²) in [6.07, 6.45) is 0.866. The maximum Gasteiger partial charge on any atom is 0.194 e. The van der Waals surface area contributed by atoms with Gasteiger partial charge in [0.05, 0.1) is 19.4 Å². The van der Waals surface area contributed by atoms with Crippen LogP contribution in [0.25, 0.3) is 5.69 Å². The third-order valence-electron chi connectivity index (χ3n) is 4.71. The second-order valence-electron chi connectivity index (χ2n) is 6.78. The first-order chi connectivity index (χ1) is 14.1. The molecule has 162 valence electrons. The van der Waals surface area contributed by atoms with E-state index in [9.17, 15) is 5.11 Å². The molecule has 0 radical (unpaired) electrons. The predicted octanol–water partition coefficient (Wildman–Crippen LogP) is 2.84. The van der Waals surface area contributed by atoms with Gasteiger partial charge in [0.2, 0.25) is 0 Å². The van der Waals surface area contributed by atoms with E-state index >= 15 is 0 Å². The maximum atomic E-state index is 9.30. The molecule has 3 aromatic rings. The van der Waals surface area contributed by atoms with Crippen molar-refractivity contribution in [3.05, 3.63) is 59.4 Å². The number of ether oxygens (including phenoxy) is 2. The van der Waals surface area contributed by atoms with Gasteiger partial charge >= 0.3 is 0 Å². The maximum absolute atomic E-state index is 9.30. The van der Waals surface area contributed by atoms with Crippen molar-refractivity contribution >= 4 is 12.4 Å². The molecule has 1 heterocycles. The largest absolute Gasteiger partial charge is 0.493 e. The SMILES string of the molecule is CCC(CO)NCc1ccc(OCc2nnnn2-c2ccc(C)cc2)c(OC)c1.Cl. The van der Waals surface area contributed by atoms with Gasteiger partial charge in [-0.05, 0) is 53.6 Å². The lowest BCUT2D eigenvalue weighted by Crippen LogP contribution is -2.31. The number of aliphatic hydroxyl groups is 1. The van der Waals surface area contributed by atoms with Crippen LogP contribution < -0.4 is 14.8 Å². The van der Waals surface area contributed by atoms with E-state index in [1.807, 2.05) is 56.3 Å². The Morgan fingerprint density at radius 2 is 1.90 bits per heavy atom. The molecule has 0 amide bonds. The Bertz CT molecular complexity index is 913. The van der Waals surface area contributed by atoms with E-state index in [1.165, 1.54) is 5.56 Å². The highest BCUT2D eigenvalue weighted by Gasteiger charge is 2.12. The summed E-state index contributed by atoms with van der Waals surface area (Å²) >= 11 is 0. The van der Waals surface area contributed by atoms with Crippen molar-refractivity contribution in [2.75, 3.05) is 13.7 Å². The number of aromatic nitrogens is 4. The highest BCUT2D eigenvalue weighted by atomic mass is 35.5. The van der Waals surface area contributed by atoms with Crippen LogP contribution in [0.15, 0.2) is 42.5 Å². The predicted molar refractivity (Wildman–Crippen MR) is 116 cm³/mol. The molecule has 0 saturated carbocycles. The van der Waals surface area contributed by atoms with E-state index in [0.717, 1.165) is 17.7 Å². The van der Waals surface area contributed by atoms with Crippen LogP contribution in [0.5, 0.6) is 11.5 Å². The molecule has 8 nitrogen and oxygen atoms in total. The Morgan fingerprint density at radius 1 is 1.13 bits per heavy atom. The van der Waals surface area contributed by atoms with Crippen LogP contribution in [-0.4, -0.2) is 45.1 Å². The molecule has 0 aliphatic carbocycles. The number of hydrogen-bond donors (Lipinski definition) is 2. The number of nitrogens with one attached hydrogen (secondary N) is 1. The molecule has 9 heteroatoms. The van der Waals surface area contributed by atoms with E-state index in [-0.39, 0.29) is 31.7 Å². The Kier molecular flexibility index (Phi) is 9.04. The van der Waals surface area contributed by atoms with E-state index in [4.69, 9.17) is 9.47 Å². The number of aryl methyl sites for hydroxylation is 1. The van der Waals surface area contributed by atoms with E-state index in [0.29, 0.717) is 23.9 Å². The molecule has 0 saturated heterocycles. The molecule has 1 aromatic heterocycles. The van der Waals surface area contributed by atoms with Crippen molar-refractivity contribution in [1.29, 1.82) is 0 Å². The minimum atomic E-state index is 0. The number of aliphatic hydroxyl groups excluding tert-OH is 1. The lowest BCUT2D eigenvalue weighted by molar-refractivity contribution is 0.238. The first kappa shape index (κ1) is 23.6. The molecule has 0 fully saturated rings. The summed E-state index contributed by atoms with van der Waals surface area (Å²) in [5.41, 5.74) is 3.09. The summed E-state index contributed by atoms with van der Waals surface area (Å²) < 4.78 is 13.1. The summed E-state index contributed by atoms with van der Waals surface area (Å²) in [5.74, 6) is 1.84. The van der Waals surface area contributed by atoms with Crippen LogP contribution in [0, 0.1) is 6.92 Å². The Hall–Kier alpha value is -2.68. The summed E-state index contributed by atoms with van der Waals surface area (Å²) in [6, 6.07) is 13.8. The molecule has 30 heavy (non-hydrogen) atoms. The number of nitrogens with zero attached hydrogens (tertiary/aromatic N) is 4. The molecule has 1 unspecified atom stereocenters. The van der Waals surface area contributed by atoms with Crippen LogP contribution >= 0.6 is 12.4 Å². The van der Waals surface area contributed by atoms with Crippen molar-refractivity contribution in [2.45, 2.75) is 39.5 Å². The van der Waals surface area contributed by atoms with Crippen molar-refractivity contribution in [2.24, 2.45) is 0 Å². The fourth-order valence-electron chi connectivity index (χ4n) is 2.87. The van der Waals surface area contributed by atoms with Crippen LogP contribution in [0.3, 0.4) is 0 Å². The lowest BCUT2D eigenvalue weighted by Gasteiger charge is -2.15. The zero-order valence-electron chi connectivity index (χ0n) is 17.4. The van der Waals surface area contributed by atoms with Gasteiger partial charge in [-0.25, -0.2) is 0 Å². The lowest BCUT2D eigenvalue weighted by atomic mass is 10.1. The van der Waals surface area contributed by atoms with E-state index in [2.05, 4.69) is 20.8 Å². The summed E-state index contributed by atoms with van der Waals surface area (Å²) in [5, 5.41) is 24.5. The second kappa shape index (κ2) is 11.5. The van der Waals surface area contributed by atoms with E-state index < -0.39 is 0 Å². The topological polar surface area (TPSA) is 94.3 Å². The summed E-state index contributed by atoms with van der Waals surface area (Å²) in [7, 11) is 1.61. The molecule has 2 N–H and O–H groups in total. The van der Waals surface area contributed by atoms with Crippen molar-refractivity contribution in [1.82, 2.24) is 25.5 Å². The van der Waals surface area contributed by atoms with Gasteiger partial charge in [0.15, 0.2) is 23.9 Å². The van der Waals surface area contributed by atoms with Crippen LogP contribution in [0.1, 0.15) is 30.3 Å². The van der Waals surface area contributed by atoms with Gasteiger partial charge in [0, 0.05) is 12.6 Å². The number of halogens is 1. The minimum Gasteiger partial charge on any atom is -0.493 e. The molecule has 1 atom stereocenters. The van der Waals surface area contributed by atoms with Crippen LogP contribution in [0.4, 0.5) is 0 Å². The molecule has 0 aliphatic rings. The average Bonchev–Trinajstić information content (AvgIpc) is 3.22. The van der Waals surface area contributed by atoms with Crippen molar-refractivity contribution in [3.63, 3.8) is 0 Å². The van der Waals surface area contributed by atoms with Crippen molar-refractivity contribution in [3.8, 4) is 17.2 Å².